The van der Waals surface area contributed by atoms with Crippen LogP contribution in [0.2, 0.25) is 0 Å². The fraction of sp³-hybridized carbons (Fsp3) is 0.591. The van der Waals surface area contributed by atoms with Crippen molar-refractivity contribution in [3.05, 3.63) is 18.2 Å². The van der Waals surface area contributed by atoms with Crippen molar-refractivity contribution in [1.82, 2.24) is 25.9 Å². The lowest BCUT2D eigenvalue weighted by Gasteiger charge is -2.26. The van der Waals surface area contributed by atoms with Crippen LogP contribution in [0.15, 0.2) is 17.5 Å². The van der Waals surface area contributed by atoms with Gasteiger partial charge in [0, 0.05) is 24.9 Å². The van der Waals surface area contributed by atoms with Crippen molar-refractivity contribution in [2.24, 2.45) is 33.8 Å². The Hall–Kier alpha value is -4.21. The fourth-order valence-corrected chi connectivity index (χ4v) is 3.40. The second-order valence-corrected chi connectivity index (χ2v) is 8.84. The first-order valence-corrected chi connectivity index (χ1v) is 12.1. The van der Waals surface area contributed by atoms with Crippen molar-refractivity contribution in [3.8, 4) is 0 Å². The van der Waals surface area contributed by atoms with Gasteiger partial charge in [-0.2, -0.15) is 0 Å². The second-order valence-electron chi connectivity index (χ2n) is 8.84. The molecule has 0 aromatic carbocycles. The highest BCUT2D eigenvalue weighted by Crippen LogP contribution is 2.10. The van der Waals surface area contributed by atoms with E-state index in [1.807, 2.05) is 0 Å². The van der Waals surface area contributed by atoms with E-state index < -0.39 is 60.2 Å². The molecule has 16 nitrogen and oxygen atoms in total. The molecule has 1 heterocycles. The molecule has 1 aromatic rings. The standard InChI is InChI=1S/C22H38N10O6/c1-3-11(2)17(21(37)38)32-19(35)14(5-4-6-28-22(25)26)30-20(36)15(7-12-9-27-10-29-12)31-18(34)13(23)8-16(24)33/h9-11,13-15,17H,3-8,23H2,1-2H3,(H2,24,33)(H,27,29)(H,30,36)(H,31,34)(H,32,35)(H,37,38)(H4,25,26,28). The molecule has 13 N–H and O–H groups in total. The molecule has 1 rings (SSSR count). The average molecular weight is 539 g/mol. The van der Waals surface area contributed by atoms with E-state index in [-0.39, 0.29) is 37.7 Å². The summed E-state index contributed by atoms with van der Waals surface area (Å²) in [7, 11) is 0. The number of guanidine groups is 1. The van der Waals surface area contributed by atoms with E-state index in [4.69, 9.17) is 22.9 Å². The molecule has 0 radical (unpaired) electrons. The Labute approximate surface area is 219 Å². The Morgan fingerprint density at radius 1 is 1.05 bits per heavy atom. The van der Waals surface area contributed by atoms with Gasteiger partial charge < -0.3 is 49.0 Å². The minimum atomic E-state index is -1.30. The molecule has 0 aliphatic rings. The van der Waals surface area contributed by atoms with Gasteiger partial charge in [0.15, 0.2) is 5.96 Å². The number of amides is 4. The summed E-state index contributed by atoms with van der Waals surface area (Å²) >= 11 is 0. The molecule has 5 unspecified atom stereocenters. The molecule has 0 saturated heterocycles. The van der Waals surface area contributed by atoms with Crippen LogP contribution in [-0.2, 0) is 30.4 Å². The van der Waals surface area contributed by atoms with Crippen LogP contribution in [-0.4, -0.2) is 81.3 Å². The predicted molar refractivity (Wildman–Crippen MR) is 137 cm³/mol. The van der Waals surface area contributed by atoms with Gasteiger partial charge >= 0.3 is 5.97 Å². The molecule has 212 valence electrons. The van der Waals surface area contributed by atoms with Crippen LogP contribution >= 0.6 is 0 Å². The number of H-pyrrole nitrogens is 1. The maximum atomic E-state index is 13.3. The van der Waals surface area contributed by atoms with Gasteiger partial charge in [-0.25, -0.2) is 9.78 Å². The van der Waals surface area contributed by atoms with E-state index in [1.165, 1.54) is 12.5 Å². The zero-order valence-electron chi connectivity index (χ0n) is 21.5. The zero-order chi connectivity index (χ0) is 28.8. The zero-order valence-corrected chi connectivity index (χ0v) is 21.5. The first-order valence-electron chi connectivity index (χ1n) is 12.1. The fourth-order valence-electron chi connectivity index (χ4n) is 3.40. The number of aromatic nitrogens is 2. The summed E-state index contributed by atoms with van der Waals surface area (Å²) in [5, 5.41) is 17.1. The number of aromatic amines is 1. The van der Waals surface area contributed by atoms with Gasteiger partial charge in [-0.15, -0.1) is 0 Å². The average Bonchev–Trinajstić information content (AvgIpc) is 3.35. The van der Waals surface area contributed by atoms with E-state index in [2.05, 4.69) is 30.9 Å². The normalized spacial score (nSPS) is 14.7. The number of imidazole rings is 1. The van der Waals surface area contributed by atoms with Crippen molar-refractivity contribution in [2.75, 3.05) is 6.54 Å². The summed E-state index contributed by atoms with van der Waals surface area (Å²) < 4.78 is 0. The minimum Gasteiger partial charge on any atom is -0.480 e. The molecule has 0 saturated carbocycles. The van der Waals surface area contributed by atoms with Crippen molar-refractivity contribution in [2.45, 2.75) is 70.1 Å². The van der Waals surface area contributed by atoms with Gasteiger partial charge in [-0.05, 0) is 18.8 Å². The number of nitrogens with two attached hydrogens (primary N) is 4. The Morgan fingerprint density at radius 3 is 2.21 bits per heavy atom. The summed E-state index contributed by atoms with van der Waals surface area (Å²) in [4.78, 5) is 72.2. The van der Waals surface area contributed by atoms with Crippen molar-refractivity contribution in [1.29, 1.82) is 0 Å². The Balaban J connectivity index is 3.13. The number of rotatable bonds is 17. The molecule has 38 heavy (non-hydrogen) atoms. The Bertz CT molecular complexity index is 979. The topological polar surface area (TPSA) is 287 Å². The Kier molecular flexibility index (Phi) is 13.2. The van der Waals surface area contributed by atoms with Crippen LogP contribution in [0.3, 0.4) is 0 Å². The molecule has 0 fully saturated rings. The molecule has 0 aliphatic heterocycles. The first kappa shape index (κ1) is 31.8. The molecule has 1 aromatic heterocycles. The number of hydrogen-bond donors (Lipinski definition) is 9. The SMILES string of the molecule is CCC(C)C(NC(=O)C(CCCN=C(N)N)NC(=O)C(Cc1cnc[nH]1)NC(=O)C(N)CC(N)=O)C(=O)O. The maximum absolute atomic E-state index is 13.3. The number of aliphatic imine (C=N–C) groups is 1. The molecule has 0 bridgehead atoms. The molecule has 4 amide bonds. The van der Waals surface area contributed by atoms with E-state index in [9.17, 15) is 29.1 Å². The van der Waals surface area contributed by atoms with Gasteiger partial charge in [0.2, 0.25) is 23.6 Å². The molecule has 5 atom stereocenters. The number of carbonyl (C=O) groups excluding carboxylic acids is 4. The number of aliphatic carboxylic acids is 1. The van der Waals surface area contributed by atoms with E-state index in [0.717, 1.165) is 0 Å². The summed E-state index contributed by atoms with van der Waals surface area (Å²) in [5.41, 5.74) is 21.9. The predicted octanol–water partition coefficient (Wildman–Crippen LogP) is -3.21. The number of primary amides is 1. The monoisotopic (exact) mass is 538 g/mol. The highest BCUT2D eigenvalue weighted by atomic mass is 16.4. The lowest BCUT2D eigenvalue weighted by Crippen LogP contribution is -2.58. The van der Waals surface area contributed by atoms with E-state index in [1.54, 1.807) is 13.8 Å². The van der Waals surface area contributed by atoms with Gasteiger partial charge in [-0.1, -0.05) is 20.3 Å². The van der Waals surface area contributed by atoms with Gasteiger partial charge in [0.25, 0.3) is 0 Å². The van der Waals surface area contributed by atoms with Gasteiger partial charge in [-0.3, -0.25) is 24.2 Å². The van der Waals surface area contributed by atoms with Crippen molar-refractivity contribution < 1.29 is 29.1 Å². The maximum Gasteiger partial charge on any atom is 0.326 e. The number of hydrogen-bond acceptors (Lipinski definition) is 8. The highest BCUT2D eigenvalue weighted by molar-refractivity contribution is 5.95. The van der Waals surface area contributed by atoms with Gasteiger partial charge in [0.1, 0.15) is 18.1 Å². The van der Waals surface area contributed by atoms with Crippen LogP contribution in [0.5, 0.6) is 0 Å². The van der Waals surface area contributed by atoms with Crippen LogP contribution < -0.4 is 38.9 Å². The highest BCUT2D eigenvalue weighted by Gasteiger charge is 2.32. The Morgan fingerprint density at radius 2 is 1.68 bits per heavy atom. The number of carbonyl (C=O) groups is 5. The lowest BCUT2D eigenvalue weighted by atomic mass is 9.98. The summed E-state index contributed by atoms with van der Waals surface area (Å²) in [6.45, 7) is 3.62. The van der Waals surface area contributed by atoms with Crippen LogP contribution in [0.1, 0.15) is 45.2 Å². The third-order valence-electron chi connectivity index (χ3n) is 5.72. The molecular formula is C22H38N10O6. The first-order chi connectivity index (χ1) is 17.8. The van der Waals surface area contributed by atoms with E-state index >= 15 is 0 Å². The van der Waals surface area contributed by atoms with Crippen LogP contribution in [0, 0.1) is 5.92 Å². The smallest absolute Gasteiger partial charge is 0.326 e. The van der Waals surface area contributed by atoms with Crippen molar-refractivity contribution >= 4 is 35.6 Å². The molecule has 0 spiro atoms. The quantitative estimate of drug-likeness (QED) is 0.0543. The molecular weight excluding hydrogens is 500 g/mol. The third-order valence-corrected chi connectivity index (χ3v) is 5.72. The molecule has 16 heteroatoms. The number of nitrogens with one attached hydrogen (secondary N) is 4. The van der Waals surface area contributed by atoms with E-state index in [0.29, 0.717) is 12.1 Å². The summed E-state index contributed by atoms with van der Waals surface area (Å²) in [5.74, 6) is -4.83. The number of carboxylic acids is 1. The molecule has 0 aliphatic carbocycles. The van der Waals surface area contributed by atoms with Gasteiger partial charge in [0.05, 0.1) is 18.8 Å². The van der Waals surface area contributed by atoms with Crippen molar-refractivity contribution in [3.63, 3.8) is 0 Å². The minimum absolute atomic E-state index is 0.0478. The number of carboxylic acid groups (broad SMARTS) is 1. The summed E-state index contributed by atoms with van der Waals surface area (Å²) in [6, 6.07) is -4.88. The number of nitrogens with zero attached hydrogens (tertiary/aromatic N) is 2. The largest absolute Gasteiger partial charge is 0.480 e. The lowest BCUT2D eigenvalue weighted by molar-refractivity contribution is -0.144. The van der Waals surface area contributed by atoms with Crippen LogP contribution in [0.25, 0.3) is 0 Å². The third kappa shape index (κ3) is 11.2. The summed E-state index contributed by atoms with van der Waals surface area (Å²) in [6.07, 6.45) is 3.17. The second kappa shape index (κ2) is 15.8. The van der Waals surface area contributed by atoms with Crippen LogP contribution in [0.4, 0.5) is 0 Å².